The lowest BCUT2D eigenvalue weighted by Crippen LogP contribution is -2.25. The summed E-state index contributed by atoms with van der Waals surface area (Å²) in [5, 5.41) is 6.24. The molecule has 144 valence electrons. The fraction of sp³-hybridized carbons (Fsp3) is 0.217. The van der Waals surface area contributed by atoms with Crippen LogP contribution in [0.3, 0.4) is 0 Å². The van der Waals surface area contributed by atoms with E-state index in [1.165, 1.54) is 5.56 Å². The lowest BCUT2D eigenvalue weighted by molar-refractivity contribution is 0.0954. The Kier molecular flexibility index (Phi) is 6.27. The van der Waals surface area contributed by atoms with Gasteiger partial charge in [0.05, 0.1) is 7.11 Å². The van der Waals surface area contributed by atoms with Crippen molar-refractivity contribution >= 4 is 17.4 Å². The van der Waals surface area contributed by atoms with Gasteiger partial charge in [0.1, 0.15) is 11.6 Å². The van der Waals surface area contributed by atoms with Crippen molar-refractivity contribution in [2.24, 2.45) is 0 Å². The molecule has 2 aromatic carbocycles. The van der Waals surface area contributed by atoms with Gasteiger partial charge in [-0.15, -0.1) is 0 Å². The molecule has 0 saturated carbocycles. The third-order valence-corrected chi connectivity index (χ3v) is 4.50. The first kappa shape index (κ1) is 19.4. The minimum absolute atomic E-state index is 0.117. The number of carbonyl (C=O) groups is 1. The number of nitrogens with zero attached hydrogens (tertiary/aromatic N) is 1. The number of pyridine rings is 1. The zero-order chi connectivity index (χ0) is 19.9. The quantitative estimate of drug-likeness (QED) is 0.641. The number of aromatic nitrogens is 1. The highest BCUT2D eigenvalue weighted by Gasteiger charge is 2.08. The van der Waals surface area contributed by atoms with Crippen molar-refractivity contribution in [1.82, 2.24) is 10.3 Å². The van der Waals surface area contributed by atoms with Gasteiger partial charge in [-0.2, -0.15) is 0 Å². The van der Waals surface area contributed by atoms with Gasteiger partial charge in [-0.1, -0.05) is 29.8 Å². The van der Waals surface area contributed by atoms with Crippen molar-refractivity contribution in [2.45, 2.75) is 20.3 Å². The Hall–Kier alpha value is -3.34. The summed E-state index contributed by atoms with van der Waals surface area (Å²) in [6.07, 6.45) is 2.38. The molecule has 28 heavy (non-hydrogen) atoms. The highest BCUT2D eigenvalue weighted by atomic mass is 16.5. The maximum absolute atomic E-state index is 12.5. The molecule has 0 bridgehead atoms. The molecule has 0 aliphatic rings. The standard InChI is InChI=1S/C23H25N3O2/c1-16-7-8-21(17(2)13-16)26-22-15-19(10-12-24-22)23(27)25-11-9-18-5-4-6-20(14-18)28-3/h4-8,10,12-15H,9,11H2,1-3H3,(H,24,26)(H,25,27). The second-order valence-corrected chi connectivity index (χ2v) is 6.73. The fourth-order valence-electron chi connectivity index (χ4n) is 2.98. The van der Waals surface area contributed by atoms with Crippen molar-refractivity contribution in [3.63, 3.8) is 0 Å². The molecule has 0 radical (unpaired) electrons. The summed E-state index contributed by atoms with van der Waals surface area (Å²) in [5.41, 5.74) is 5.02. The molecular weight excluding hydrogens is 350 g/mol. The molecule has 0 atom stereocenters. The van der Waals surface area contributed by atoms with E-state index < -0.39 is 0 Å². The minimum Gasteiger partial charge on any atom is -0.497 e. The first-order chi connectivity index (χ1) is 13.5. The number of carbonyl (C=O) groups excluding carboxylic acids is 1. The Morgan fingerprint density at radius 3 is 2.71 bits per heavy atom. The highest BCUT2D eigenvalue weighted by molar-refractivity contribution is 5.94. The van der Waals surface area contributed by atoms with Crippen LogP contribution in [0.25, 0.3) is 0 Å². The number of benzene rings is 2. The monoisotopic (exact) mass is 375 g/mol. The van der Waals surface area contributed by atoms with E-state index in [-0.39, 0.29) is 5.91 Å². The van der Waals surface area contributed by atoms with E-state index >= 15 is 0 Å². The van der Waals surface area contributed by atoms with E-state index in [1.807, 2.05) is 43.3 Å². The van der Waals surface area contributed by atoms with Gasteiger partial charge in [0.25, 0.3) is 5.91 Å². The molecule has 0 aliphatic heterocycles. The van der Waals surface area contributed by atoms with Gasteiger partial charge in [0, 0.05) is 24.0 Å². The number of methoxy groups -OCH3 is 1. The molecule has 0 saturated heterocycles. The average Bonchev–Trinajstić information content (AvgIpc) is 2.70. The highest BCUT2D eigenvalue weighted by Crippen LogP contribution is 2.20. The Labute approximate surface area is 165 Å². The number of ether oxygens (including phenoxy) is 1. The number of aryl methyl sites for hydroxylation is 2. The van der Waals surface area contributed by atoms with Crippen LogP contribution in [-0.2, 0) is 6.42 Å². The van der Waals surface area contributed by atoms with E-state index in [9.17, 15) is 4.79 Å². The minimum atomic E-state index is -0.117. The molecule has 0 unspecified atom stereocenters. The van der Waals surface area contributed by atoms with Crippen LogP contribution in [0.5, 0.6) is 5.75 Å². The molecule has 0 aliphatic carbocycles. The van der Waals surface area contributed by atoms with Crippen LogP contribution in [0.1, 0.15) is 27.0 Å². The van der Waals surface area contributed by atoms with Crippen molar-refractivity contribution in [3.05, 3.63) is 83.0 Å². The Bertz CT molecular complexity index is 970. The fourth-order valence-corrected chi connectivity index (χ4v) is 2.98. The second kappa shape index (κ2) is 9.04. The molecule has 3 aromatic rings. The largest absolute Gasteiger partial charge is 0.497 e. The van der Waals surface area contributed by atoms with Crippen LogP contribution >= 0.6 is 0 Å². The van der Waals surface area contributed by atoms with Crippen molar-refractivity contribution in [2.75, 3.05) is 19.0 Å². The first-order valence-corrected chi connectivity index (χ1v) is 9.26. The Balaban J connectivity index is 1.60. The van der Waals surface area contributed by atoms with Crippen LogP contribution in [0, 0.1) is 13.8 Å². The van der Waals surface area contributed by atoms with E-state index in [1.54, 1.807) is 25.4 Å². The number of rotatable bonds is 7. The lowest BCUT2D eigenvalue weighted by atomic mass is 10.1. The molecule has 1 heterocycles. The Morgan fingerprint density at radius 2 is 1.93 bits per heavy atom. The molecule has 1 amide bonds. The molecule has 2 N–H and O–H groups in total. The SMILES string of the molecule is COc1cccc(CCNC(=O)c2ccnc(Nc3ccc(C)cc3C)c2)c1. The summed E-state index contributed by atoms with van der Waals surface area (Å²) < 4.78 is 5.23. The van der Waals surface area contributed by atoms with Crippen LogP contribution in [0.4, 0.5) is 11.5 Å². The van der Waals surface area contributed by atoms with Gasteiger partial charge in [0.15, 0.2) is 0 Å². The third kappa shape index (κ3) is 5.10. The van der Waals surface area contributed by atoms with Gasteiger partial charge in [-0.25, -0.2) is 4.98 Å². The van der Waals surface area contributed by atoms with Crippen LogP contribution in [0.15, 0.2) is 60.8 Å². The number of nitrogens with one attached hydrogen (secondary N) is 2. The topological polar surface area (TPSA) is 63.2 Å². The summed E-state index contributed by atoms with van der Waals surface area (Å²) in [5.74, 6) is 1.35. The van der Waals surface area contributed by atoms with E-state index in [0.29, 0.717) is 17.9 Å². The van der Waals surface area contributed by atoms with Gasteiger partial charge < -0.3 is 15.4 Å². The molecule has 1 aromatic heterocycles. The van der Waals surface area contributed by atoms with E-state index in [4.69, 9.17) is 4.74 Å². The summed E-state index contributed by atoms with van der Waals surface area (Å²) in [7, 11) is 1.65. The normalized spacial score (nSPS) is 10.4. The average molecular weight is 375 g/mol. The molecule has 0 spiro atoms. The molecular formula is C23H25N3O2. The summed E-state index contributed by atoms with van der Waals surface area (Å²) in [4.78, 5) is 16.8. The summed E-state index contributed by atoms with van der Waals surface area (Å²) in [6.45, 7) is 4.66. The predicted molar refractivity (Wildman–Crippen MR) is 112 cm³/mol. The maximum atomic E-state index is 12.5. The molecule has 5 nitrogen and oxygen atoms in total. The summed E-state index contributed by atoms with van der Waals surface area (Å²) in [6, 6.07) is 17.5. The van der Waals surface area contributed by atoms with Crippen LogP contribution in [-0.4, -0.2) is 24.5 Å². The van der Waals surface area contributed by atoms with E-state index in [0.717, 1.165) is 29.0 Å². The lowest BCUT2D eigenvalue weighted by Gasteiger charge is -2.11. The summed E-state index contributed by atoms with van der Waals surface area (Å²) >= 11 is 0. The Morgan fingerprint density at radius 1 is 1.07 bits per heavy atom. The van der Waals surface area contributed by atoms with Crippen molar-refractivity contribution in [3.8, 4) is 5.75 Å². The van der Waals surface area contributed by atoms with Crippen LogP contribution in [0.2, 0.25) is 0 Å². The van der Waals surface area contributed by atoms with E-state index in [2.05, 4.69) is 28.6 Å². The van der Waals surface area contributed by atoms with Gasteiger partial charge in [0.2, 0.25) is 0 Å². The number of anilines is 2. The molecule has 5 heteroatoms. The third-order valence-electron chi connectivity index (χ3n) is 4.50. The van der Waals surface area contributed by atoms with Gasteiger partial charge >= 0.3 is 0 Å². The van der Waals surface area contributed by atoms with Gasteiger partial charge in [-0.05, 0) is 61.7 Å². The number of hydrogen-bond donors (Lipinski definition) is 2. The number of hydrogen-bond acceptors (Lipinski definition) is 4. The van der Waals surface area contributed by atoms with Crippen molar-refractivity contribution < 1.29 is 9.53 Å². The zero-order valence-electron chi connectivity index (χ0n) is 16.5. The van der Waals surface area contributed by atoms with Gasteiger partial charge in [-0.3, -0.25) is 4.79 Å². The molecule has 3 rings (SSSR count). The predicted octanol–water partition coefficient (Wildman–Crippen LogP) is 4.42. The second-order valence-electron chi connectivity index (χ2n) is 6.73. The maximum Gasteiger partial charge on any atom is 0.251 e. The van der Waals surface area contributed by atoms with Crippen molar-refractivity contribution in [1.29, 1.82) is 0 Å². The van der Waals surface area contributed by atoms with Crippen LogP contribution < -0.4 is 15.4 Å². The smallest absolute Gasteiger partial charge is 0.251 e. The number of amides is 1. The first-order valence-electron chi connectivity index (χ1n) is 9.26. The zero-order valence-corrected chi connectivity index (χ0v) is 16.5. The molecule has 0 fully saturated rings.